The van der Waals surface area contributed by atoms with E-state index in [2.05, 4.69) is 47.9 Å². The summed E-state index contributed by atoms with van der Waals surface area (Å²) in [5.74, 6) is -0.245. The molecule has 1 heterocycles. The second-order valence-electron chi connectivity index (χ2n) is 6.60. The molecule has 0 aliphatic heterocycles. The number of hydrogen-bond donors (Lipinski definition) is 0. The topological polar surface area (TPSA) is 31.2 Å². The van der Waals surface area contributed by atoms with Crippen LogP contribution in [0.4, 0.5) is 0 Å². The van der Waals surface area contributed by atoms with Crippen molar-refractivity contribution in [1.82, 2.24) is 4.57 Å². The molecule has 0 bridgehead atoms. The van der Waals surface area contributed by atoms with Gasteiger partial charge >= 0.3 is 5.97 Å². The molecule has 3 aromatic rings. The van der Waals surface area contributed by atoms with Crippen LogP contribution in [-0.4, -0.2) is 17.1 Å². The first kappa shape index (κ1) is 19.3. The van der Waals surface area contributed by atoms with Gasteiger partial charge in [0.25, 0.3) is 0 Å². The van der Waals surface area contributed by atoms with E-state index in [1.807, 2.05) is 39.0 Å². The Labute approximate surface area is 165 Å². The van der Waals surface area contributed by atoms with Crippen LogP contribution >= 0.6 is 11.8 Å². The molecule has 2 aromatic carbocycles. The number of hydrogen-bond acceptors (Lipinski definition) is 3. The van der Waals surface area contributed by atoms with E-state index in [9.17, 15) is 4.79 Å². The number of ether oxygens (including phenoxy) is 1. The first-order chi connectivity index (χ1) is 13.0. The SMILES string of the molecule is CCOC(=O)c1c(C)c(Sc2ccc(C)cc2)n(Cc2ccccc2)c1C. The number of nitrogens with zero attached hydrogens (tertiary/aromatic N) is 1. The van der Waals surface area contributed by atoms with Crippen molar-refractivity contribution < 1.29 is 9.53 Å². The number of aryl methyl sites for hydroxylation is 1. The largest absolute Gasteiger partial charge is 0.462 e. The monoisotopic (exact) mass is 379 g/mol. The lowest BCUT2D eigenvalue weighted by molar-refractivity contribution is 0.0524. The maximum atomic E-state index is 12.6. The Morgan fingerprint density at radius 3 is 2.30 bits per heavy atom. The molecule has 0 amide bonds. The summed E-state index contributed by atoms with van der Waals surface area (Å²) >= 11 is 1.69. The molecule has 27 heavy (non-hydrogen) atoms. The molecule has 3 rings (SSSR count). The molecule has 4 heteroatoms. The summed E-state index contributed by atoms with van der Waals surface area (Å²) in [6, 6.07) is 18.8. The summed E-state index contributed by atoms with van der Waals surface area (Å²) in [4.78, 5) is 13.7. The van der Waals surface area contributed by atoms with Gasteiger partial charge in [-0.05, 0) is 51.0 Å². The van der Waals surface area contributed by atoms with Crippen LogP contribution in [0.25, 0.3) is 0 Å². The number of carbonyl (C=O) groups excluding carboxylic acids is 1. The van der Waals surface area contributed by atoms with Gasteiger partial charge in [-0.2, -0.15) is 0 Å². The lowest BCUT2D eigenvalue weighted by Crippen LogP contribution is -2.08. The first-order valence-corrected chi connectivity index (χ1v) is 9.98. The van der Waals surface area contributed by atoms with Crippen molar-refractivity contribution in [3.63, 3.8) is 0 Å². The highest BCUT2D eigenvalue weighted by Gasteiger charge is 2.24. The fourth-order valence-electron chi connectivity index (χ4n) is 3.18. The van der Waals surface area contributed by atoms with Gasteiger partial charge in [0.1, 0.15) is 0 Å². The quantitative estimate of drug-likeness (QED) is 0.508. The third kappa shape index (κ3) is 4.28. The summed E-state index contributed by atoms with van der Waals surface area (Å²) in [6.07, 6.45) is 0. The maximum Gasteiger partial charge on any atom is 0.340 e. The van der Waals surface area contributed by atoms with Crippen LogP contribution < -0.4 is 0 Å². The van der Waals surface area contributed by atoms with Gasteiger partial charge in [-0.25, -0.2) is 4.79 Å². The minimum Gasteiger partial charge on any atom is -0.462 e. The van der Waals surface area contributed by atoms with Crippen molar-refractivity contribution in [2.75, 3.05) is 6.61 Å². The van der Waals surface area contributed by atoms with Gasteiger partial charge in [0.15, 0.2) is 0 Å². The van der Waals surface area contributed by atoms with Crippen molar-refractivity contribution >= 4 is 17.7 Å². The molecule has 0 aliphatic rings. The number of carbonyl (C=O) groups is 1. The van der Waals surface area contributed by atoms with Gasteiger partial charge < -0.3 is 9.30 Å². The summed E-state index contributed by atoms with van der Waals surface area (Å²) in [7, 11) is 0. The molecule has 0 saturated carbocycles. The van der Waals surface area contributed by atoms with Crippen molar-refractivity contribution in [2.24, 2.45) is 0 Å². The van der Waals surface area contributed by atoms with E-state index in [0.717, 1.165) is 27.7 Å². The smallest absolute Gasteiger partial charge is 0.340 e. The third-order valence-electron chi connectivity index (χ3n) is 4.61. The van der Waals surface area contributed by atoms with Crippen LogP contribution in [0.3, 0.4) is 0 Å². The van der Waals surface area contributed by atoms with Gasteiger partial charge in [-0.3, -0.25) is 0 Å². The zero-order valence-corrected chi connectivity index (χ0v) is 17.1. The Bertz CT molecular complexity index is 927. The van der Waals surface area contributed by atoms with Crippen molar-refractivity contribution in [3.05, 3.63) is 82.5 Å². The van der Waals surface area contributed by atoms with Crippen LogP contribution in [0.1, 0.15) is 39.7 Å². The number of esters is 1. The summed E-state index contributed by atoms with van der Waals surface area (Å²) in [6.45, 7) is 9.04. The lowest BCUT2D eigenvalue weighted by Gasteiger charge is -2.12. The Balaban J connectivity index is 2.06. The fourth-order valence-corrected chi connectivity index (χ4v) is 4.24. The minimum absolute atomic E-state index is 0.245. The van der Waals surface area contributed by atoms with E-state index in [0.29, 0.717) is 12.2 Å². The Hall–Kier alpha value is -2.46. The van der Waals surface area contributed by atoms with E-state index in [1.54, 1.807) is 11.8 Å². The molecule has 1 aromatic heterocycles. The molecule has 0 fully saturated rings. The van der Waals surface area contributed by atoms with E-state index in [4.69, 9.17) is 4.74 Å². The predicted molar refractivity (Wildman–Crippen MR) is 111 cm³/mol. The fraction of sp³-hybridized carbons (Fsp3) is 0.261. The lowest BCUT2D eigenvalue weighted by atomic mass is 10.2. The maximum absolute atomic E-state index is 12.6. The highest BCUT2D eigenvalue weighted by atomic mass is 32.2. The third-order valence-corrected chi connectivity index (χ3v) is 5.83. The molecule has 0 saturated heterocycles. The average Bonchev–Trinajstić information content (AvgIpc) is 2.88. The van der Waals surface area contributed by atoms with Gasteiger partial charge in [0, 0.05) is 17.1 Å². The molecule has 0 radical (unpaired) electrons. The number of aromatic nitrogens is 1. The zero-order valence-electron chi connectivity index (χ0n) is 16.3. The zero-order chi connectivity index (χ0) is 19.4. The molecule has 140 valence electrons. The highest BCUT2D eigenvalue weighted by molar-refractivity contribution is 7.99. The highest BCUT2D eigenvalue weighted by Crippen LogP contribution is 2.36. The predicted octanol–water partition coefficient (Wildman–Crippen LogP) is 5.79. The standard InChI is InChI=1S/C23H25NO2S/c1-5-26-23(25)21-17(3)22(27-20-13-11-16(2)12-14-20)24(18(21)4)15-19-9-7-6-8-10-19/h6-14H,5,15H2,1-4H3. The Morgan fingerprint density at radius 2 is 1.67 bits per heavy atom. The van der Waals surface area contributed by atoms with Crippen molar-refractivity contribution in [2.45, 2.75) is 44.2 Å². The van der Waals surface area contributed by atoms with Crippen LogP contribution in [0.15, 0.2) is 64.5 Å². The molecular formula is C23H25NO2S. The molecule has 3 nitrogen and oxygen atoms in total. The van der Waals surface area contributed by atoms with Crippen LogP contribution in [-0.2, 0) is 11.3 Å². The minimum atomic E-state index is -0.245. The Morgan fingerprint density at radius 1 is 1.00 bits per heavy atom. The number of rotatable bonds is 6. The molecular weight excluding hydrogens is 354 g/mol. The van der Waals surface area contributed by atoms with Crippen LogP contribution in [0.5, 0.6) is 0 Å². The number of benzene rings is 2. The second kappa shape index (κ2) is 8.49. The van der Waals surface area contributed by atoms with Crippen LogP contribution in [0, 0.1) is 20.8 Å². The van der Waals surface area contributed by atoms with Gasteiger partial charge in [0.05, 0.1) is 17.2 Å². The van der Waals surface area contributed by atoms with E-state index < -0.39 is 0 Å². The van der Waals surface area contributed by atoms with Crippen LogP contribution in [0.2, 0.25) is 0 Å². The first-order valence-electron chi connectivity index (χ1n) is 9.16. The van der Waals surface area contributed by atoms with Crippen molar-refractivity contribution in [1.29, 1.82) is 0 Å². The second-order valence-corrected chi connectivity index (χ2v) is 7.66. The summed E-state index contributed by atoms with van der Waals surface area (Å²) in [5, 5.41) is 1.09. The molecule has 0 atom stereocenters. The average molecular weight is 380 g/mol. The van der Waals surface area contributed by atoms with Gasteiger partial charge in [0.2, 0.25) is 0 Å². The molecule has 0 aliphatic carbocycles. The normalized spacial score (nSPS) is 10.8. The Kier molecular flexibility index (Phi) is 6.07. The summed E-state index contributed by atoms with van der Waals surface area (Å²) < 4.78 is 7.54. The molecule has 0 spiro atoms. The molecule has 0 N–H and O–H groups in total. The van der Waals surface area contributed by atoms with E-state index in [1.165, 1.54) is 11.1 Å². The van der Waals surface area contributed by atoms with E-state index >= 15 is 0 Å². The van der Waals surface area contributed by atoms with E-state index in [-0.39, 0.29) is 5.97 Å². The summed E-state index contributed by atoms with van der Waals surface area (Å²) in [5.41, 5.74) is 5.05. The van der Waals surface area contributed by atoms with Crippen molar-refractivity contribution in [3.8, 4) is 0 Å². The van der Waals surface area contributed by atoms with Gasteiger partial charge in [-0.15, -0.1) is 0 Å². The van der Waals surface area contributed by atoms with Gasteiger partial charge in [-0.1, -0.05) is 59.8 Å². The molecule has 0 unspecified atom stereocenters.